The topological polar surface area (TPSA) is 61.7 Å². The third kappa shape index (κ3) is 2.18. The minimum absolute atomic E-state index is 0.222. The Morgan fingerprint density at radius 3 is 2.94 bits per heavy atom. The molecule has 0 bridgehead atoms. The molecule has 0 amide bonds. The molecule has 0 fully saturated rings. The summed E-state index contributed by atoms with van der Waals surface area (Å²) in [7, 11) is 1.52. The van der Waals surface area contributed by atoms with E-state index in [9.17, 15) is 4.39 Å². The van der Waals surface area contributed by atoms with Crippen molar-refractivity contribution in [1.82, 2.24) is 9.97 Å². The number of hydrogen-bond acceptors (Lipinski definition) is 3. The minimum Gasteiger partial charge on any atom is -0.496 e. The zero-order valence-electron chi connectivity index (χ0n) is 10.1. The quantitative estimate of drug-likeness (QED) is 0.904. The number of halogens is 1. The van der Waals surface area contributed by atoms with Gasteiger partial charge in [0.05, 0.1) is 30.9 Å². The van der Waals surface area contributed by atoms with Crippen LogP contribution in [0.3, 0.4) is 0 Å². The van der Waals surface area contributed by atoms with E-state index in [0.29, 0.717) is 22.8 Å². The molecule has 92 valence electrons. The van der Waals surface area contributed by atoms with E-state index in [-0.39, 0.29) is 12.2 Å². The number of H-pyrrole nitrogens is 1. The Hall–Kier alpha value is -2.35. The molecule has 1 heterocycles. The normalized spacial score (nSPS) is 10.1. The summed E-state index contributed by atoms with van der Waals surface area (Å²) < 4.78 is 18.4. The van der Waals surface area contributed by atoms with Crippen LogP contribution in [0.2, 0.25) is 0 Å². The maximum absolute atomic E-state index is 13.3. The highest BCUT2D eigenvalue weighted by atomic mass is 19.1. The van der Waals surface area contributed by atoms with E-state index in [1.54, 1.807) is 6.07 Å². The second kappa shape index (κ2) is 4.88. The summed E-state index contributed by atoms with van der Waals surface area (Å²) in [5.41, 5.74) is 2.02. The van der Waals surface area contributed by atoms with Crippen molar-refractivity contribution in [1.29, 1.82) is 5.26 Å². The average Bonchev–Trinajstić information content (AvgIpc) is 2.71. The first-order valence-corrected chi connectivity index (χ1v) is 5.42. The van der Waals surface area contributed by atoms with Crippen LogP contribution in [0.15, 0.2) is 18.2 Å². The molecular formula is C13H12FN3O. The Labute approximate surface area is 104 Å². The van der Waals surface area contributed by atoms with Crippen molar-refractivity contribution in [3.63, 3.8) is 0 Å². The molecule has 0 aliphatic heterocycles. The van der Waals surface area contributed by atoms with Gasteiger partial charge < -0.3 is 9.72 Å². The van der Waals surface area contributed by atoms with E-state index in [2.05, 4.69) is 9.97 Å². The Kier molecular flexibility index (Phi) is 3.28. The van der Waals surface area contributed by atoms with Crippen LogP contribution in [0.5, 0.6) is 5.75 Å². The van der Waals surface area contributed by atoms with Gasteiger partial charge in [0.1, 0.15) is 17.4 Å². The van der Waals surface area contributed by atoms with Gasteiger partial charge in [0.2, 0.25) is 0 Å². The number of hydrogen-bond donors (Lipinski definition) is 1. The summed E-state index contributed by atoms with van der Waals surface area (Å²) in [6.45, 7) is 1.83. The number of rotatable bonds is 3. The van der Waals surface area contributed by atoms with Gasteiger partial charge in [-0.15, -0.1) is 0 Å². The van der Waals surface area contributed by atoms with E-state index >= 15 is 0 Å². The molecule has 0 aliphatic rings. The van der Waals surface area contributed by atoms with Gasteiger partial charge in [0.15, 0.2) is 0 Å². The first kappa shape index (κ1) is 12.1. The third-order valence-corrected chi connectivity index (χ3v) is 2.65. The minimum atomic E-state index is -0.360. The number of nitrogens with one attached hydrogen (secondary N) is 1. The zero-order valence-corrected chi connectivity index (χ0v) is 10.1. The molecule has 18 heavy (non-hydrogen) atoms. The maximum atomic E-state index is 13.3. The summed E-state index contributed by atoms with van der Waals surface area (Å²) >= 11 is 0. The second-order valence-electron chi connectivity index (χ2n) is 3.84. The lowest BCUT2D eigenvalue weighted by atomic mass is 10.2. The number of ether oxygens (including phenoxy) is 1. The standard InChI is InChI=1S/C13H12FN3O/c1-8-11(5-6-15)17-13(16-8)10-7-9(14)3-4-12(10)18-2/h3-4,7H,5H2,1-2H3,(H,16,17). The van der Waals surface area contributed by atoms with Crippen LogP contribution in [-0.4, -0.2) is 17.1 Å². The predicted molar refractivity (Wildman–Crippen MR) is 64.6 cm³/mol. The fourth-order valence-corrected chi connectivity index (χ4v) is 1.74. The highest BCUT2D eigenvalue weighted by Crippen LogP contribution is 2.29. The van der Waals surface area contributed by atoms with Crippen LogP contribution in [0.25, 0.3) is 11.4 Å². The van der Waals surface area contributed by atoms with Gasteiger partial charge in [-0.05, 0) is 25.1 Å². The number of aryl methyl sites for hydroxylation is 1. The molecule has 1 aromatic carbocycles. The number of nitrogens with zero attached hydrogens (tertiary/aromatic N) is 2. The van der Waals surface area contributed by atoms with Gasteiger partial charge in [0.25, 0.3) is 0 Å². The van der Waals surface area contributed by atoms with Crippen LogP contribution < -0.4 is 4.74 Å². The highest BCUT2D eigenvalue weighted by molar-refractivity contribution is 5.64. The number of nitriles is 1. The van der Waals surface area contributed by atoms with E-state index < -0.39 is 0 Å². The lowest BCUT2D eigenvalue weighted by Gasteiger charge is -2.05. The largest absolute Gasteiger partial charge is 0.496 e. The lowest BCUT2D eigenvalue weighted by molar-refractivity contribution is 0.415. The molecular weight excluding hydrogens is 233 g/mol. The van der Waals surface area contributed by atoms with Crippen LogP contribution in [0, 0.1) is 24.1 Å². The van der Waals surface area contributed by atoms with Crippen molar-refractivity contribution in [3.8, 4) is 23.2 Å². The maximum Gasteiger partial charge on any atom is 0.141 e. The van der Waals surface area contributed by atoms with Gasteiger partial charge in [-0.1, -0.05) is 0 Å². The summed E-state index contributed by atoms with van der Waals surface area (Å²) in [6, 6.07) is 6.27. The fourth-order valence-electron chi connectivity index (χ4n) is 1.74. The molecule has 2 rings (SSSR count). The molecule has 2 aromatic rings. The van der Waals surface area contributed by atoms with E-state index in [1.807, 2.05) is 13.0 Å². The molecule has 0 aliphatic carbocycles. The summed E-state index contributed by atoms with van der Waals surface area (Å²) in [6.07, 6.45) is 0.222. The Bertz CT molecular complexity index is 613. The van der Waals surface area contributed by atoms with Crippen molar-refractivity contribution in [3.05, 3.63) is 35.4 Å². The number of aromatic amines is 1. The molecule has 1 N–H and O–H groups in total. The van der Waals surface area contributed by atoms with Gasteiger partial charge in [-0.3, -0.25) is 0 Å². The summed E-state index contributed by atoms with van der Waals surface area (Å²) in [5, 5.41) is 8.68. The molecule has 0 unspecified atom stereocenters. The number of methoxy groups -OCH3 is 1. The molecule has 0 saturated heterocycles. The first-order valence-electron chi connectivity index (χ1n) is 5.42. The third-order valence-electron chi connectivity index (χ3n) is 2.65. The van der Waals surface area contributed by atoms with Gasteiger partial charge in [-0.25, -0.2) is 9.37 Å². The number of benzene rings is 1. The van der Waals surface area contributed by atoms with Crippen LogP contribution in [0.4, 0.5) is 4.39 Å². The first-order chi connectivity index (χ1) is 8.65. The molecule has 0 saturated carbocycles. The molecule has 1 aromatic heterocycles. The average molecular weight is 245 g/mol. The fraction of sp³-hybridized carbons (Fsp3) is 0.231. The monoisotopic (exact) mass is 245 g/mol. The number of aromatic nitrogens is 2. The Morgan fingerprint density at radius 1 is 1.50 bits per heavy atom. The molecule has 4 nitrogen and oxygen atoms in total. The van der Waals surface area contributed by atoms with Gasteiger partial charge in [-0.2, -0.15) is 5.26 Å². The Morgan fingerprint density at radius 2 is 2.28 bits per heavy atom. The molecule has 5 heteroatoms. The molecule has 0 spiro atoms. The number of imidazole rings is 1. The second-order valence-corrected chi connectivity index (χ2v) is 3.84. The van der Waals surface area contributed by atoms with Crippen LogP contribution in [0.1, 0.15) is 11.4 Å². The van der Waals surface area contributed by atoms with E-state index in [0.717, 1.165) is 5.69 Å². The van der Waals surface area contributed by atoms with Gasteiger partial charge >= 0.3 is 0 Å². The summed E-state index contributed by atoms with van der Waals surface area (Å²) in [4.78, 5) is 7.33. The predicted octanol–water partition coefficient (Wildman–Crippen LogP) is 2.60. The van der Waals surface area contributed by atoms with Gasteiger partial charge in [0, 0.05) is 5.69 Å². The van der Waals surface area contributed by atoms with Crippen molar-refractivity contribution < 1.29 is 9.13 Å². The van der Waals surface area contributed by atoms with Crippen molar-refractivity contribution in [2.24, 2.45) is 0 Å². The van der Waals surface area contributed by atoms with E-state index in [4.69, 9.17) is 10.00 Å². The Balaban J connectivity index is 2.51. The van der Waals surface area contributed by atoms with Crippen LogP contribution >= 0.6 is 0 Å². The highest BCUT2D eigenvalue weighted by Gasteiger charge is 2.13. The molecule has 0 atom stereocenters. The van der Waals surface area contributed by atoms with Crippen molar-refractivity contribution in [2.75, 3.05) is 7.11 Å². The van der Waals surface area contributed by atoms with E-state index in [1.165, 1.54) is 19.2 Å². The van der Waals surface area contributed by atoms with Crippen molar-refractivity contribution in [2.45, 2.75) is 13.3 Å². The van der Waals surface area contributed by atoms with Crippen LogP contribution in [-0.2, 0) is 6.42 Å². The molecule has 0 radical (unpaired) electrons. The smallest absolute Gasteiger partial charge is 0.141 e. The lowest BCUT2D eigenvalue weighted by Crippen LogP contribution is -1.91. The SMILES string of the molecule is COc1ccc(F)cc1-c1nc(CC#N)c(C)[nH]1. The summed E-state index contributed by atoms with van der Waals surface area (Å²) in [5.74, 6) is 0.685. The van der Waals surface area contributed by atoms with Crippen molar-refractivity contribution >= 4 is 0 Å². The zero-order chi connectivity index (χ0) is 13.1.